The summed E-state index contributed by atoms with van der Waals surface area (Å²) in [6.45, 7) is 5.25. The maximum atomic E-state index is 10.7. The van der Waals surface area contributed by atoms with Gasteiger partial charge in [0.25, 0.3) is 0 Å². The summed E-state index contributed by atoms with van der Waals surface area (Å²) in [7, 11) is 0. The Labute approximate surface area is 262 Å². The van der Waals surface area contributed by atoms with Crippen molar-refractivity contribution in [3.8, 4) is 0 Å². The van der Waals surface area contributed by atoms with E-state index >= 15 is 0 Å². The molecule has 2 aliphatic heterocycles. The topological polar surface area (TPSA) is 23.6 Å². The first kappa shape index (κ1) is 45.6. The zero-order chi connectivity index (χ0) is 22.3. The number of carbonyl (C=O) groups is 1. The molecule has 0 bridgehead atoms. The first-order valence-corrected chi connectivity index (χ1v) is 14.8. The minimum absolute atomic E-state index is 0. The van der Waals surface area contributed by atoms with Gasteiger partial charge >= 0.3 is 34.1 Å². The molecule has 4 aliphatic carbocycles. The molecule has 230 valence electrons. The molecule has 4 saturated carbocycles. The molecule has 6 aliphatic rings. The third-order valence-corrected chi connectivity index (χ3v) is 8.80. The van der Waals surface area contributed by atoms with Crippen molar-refractivity contribution in [1.82, 2.24) is 9.80 Å². The van der Waals surface area contributed by atoms with Crippen LogP contribution in [0.1, 0.15) is 135 Å². The normalized spacial score (nSPS) is 26.0. The van der Waals surface area contributed by atoms with Crippen LogP contribution < -0.4 is 0 Å². The minimum atomic E-state index is 0. The molecule has 6 fully saturated rings. The van der Waals surface area contributed by atoms with Crippen molar-refractivity contribution in [2.75, 3.05) is 26.2 Å². The molecule has 2 heterocycles. The number of hydrogen-bond acceptors (Lipinski definition) is 3. The van der Waals surface area contributed by atoms with E-state index in [4.69, 9.17) is 0 Å². The summed E-state index contributed by atoms with van der Waals surface area (Å²) in [5, 5.41) is 0. The summed E-state index contributed by atoms with van der Waals surface area (Å²) in [5.74, 6) is 0.350. The quantitative estimate of drug-likeness (QED) is 0.179. The number of aldehydes is 1. The van der Waals surface area contributed by atoms with Crippen LogP contribution in [0.4, 0.5) is 0 Å². The average Bonchev–Trinajstić information content (AvgIpc) is 3.68. The second-order valence-corrected chi connectivity index (χ2v) is 11.3. The molecule has 6 rings (SSSR count). The van der Waals surface area contributed by atoms with Crippen LogP contribution >= 0.6 is 0 Å². The number of likely N-dealkylation sites (tertiary alicyclic amines) is 2. The van der Waals surface area contributed by atoms with Crippen molar-refractivity contribution in [2.45, 2.75) is 147 Å². The third kappa shape index (κ3) is 17.4. The maximum Gasteiger partial charge on any atom is 2.00 e. The predicted molar refractivity (Wildman–Crippen MR) is 163 cm³/mol. The Bertz CT molecular complexity index is 428. The Morgan fingerprint density at radius 1 is 0.421 bits per heavy atom. The summed E-state index contributed by atoms with van der Waals surface area (Å²) in [6, 6.07) is 1.59. The molecule has 0 radical (unpaired) electrons. The van der Waals surface area contributed by atoms with Gasteiger partial charge in [-0.3, -0.25) is 4.90 Å². The Hall–Kier alpha value is 0.629. The molecule has 0 N–H and O–H groups in total. The molecule has 0 aromatic heterocycles. The zero-order valence-electron chi connectivity index (χ0n) is 26.0. The largest absolute Gasteiger partial charge is 2.00 e. The van der Waals surface area contributed by atoms with E-state index in [-0.39, 0.29) is 63.8 Å². The zero-order valence-corrected chi connectivity index (χ0v) is 28.2. The van der Waals surface area contributed by atoms with E-state index in [1.54, 1.807) is 0 Å². The predicted octanol–water partition coefficient (Wildman–Crippen LogP) is 9.17. The van der Waals surface area contributed by atoms with Crippen LogP contribution in [0.2, 0.25) is 0 Å². The molecule has 0 spiro atoms. The van der Waals surface area contributed by atoms with Gasteiger partial charge in [-0.05, 0) is 77.5 Å². The van der Waals surface area contributed by atoms with Gasteiger partial charge < -0.3 is 39.4 Å². The van der Waals surface area contributed by atoms with Crippen LogP contribution in [0.5, 0.6) is 0 Å². The second kappa shape index (κ2) is 29.1. The number of hydrogen-bond donors (Lipinski definition) is 0. The summed E-state index contributed by atoms with van der Waals surface area (Å²) >= 11 is 0. The van der Waals surface area contributed by atoms with Crippen LogP contribution in [0.3, 0.4) is 0 Å². The first-order valence-electron chi connectivity index (χ1n) is 14.8. The Balaban J connectivity index is -0.000000203. The minimum Gasteiger partial charge on any atom is -0.358 e. The van der Waals surface area contributed by atoms with Gasteiger partial charge in [0.1, 0.15) is 6.29 Å². The molecule has 0 amide bonds. The van der Waals surface area contributed by atoms with Crippen molar-refractivity contribution in [3.63, 3.8) is 0 Å². The fourth-order valence-electron chi connectivity index (χ4n) is 6.80. The summed E-state index contributed by atoms with van der Waals surface area (Å²) < 4.78 is 0. The van der Waals surface area contributed by atoms with Crippen LogP contribution in [-0.4, -0.2) is 54.3 Å². The Morgan fingerprint density at radius 2 is 0.789 bits per heavy atom. The SMILES string of the molecule is C1CCC(N2CCCC2)C1.C1CCCC1.C1CCCC1.O=CC1CCCC1N1CCCC1.[CH3-].[CH3-].[CH3-].[CH3-].[Fe+2].[Fe+2]. The maximum absolute atomic E-state index is 10.7. The van der Waals surface area contributed by atoms with Crippen LogP contribution in [0, 0.1) is 35.6 Å². The fourth-order valence-corrected chi connectivity index (χ4v) is 6.80. The van der Waals surface area contributed by atoms with Crippen molar-refractivity contribution in [1.29, 1.82) is 0 Å². The molecular weight excluding hydrogens is 552 g/mol. The Kier molecular flexibility index (Phi) is 35.0. The van der Waals surface area contributed by atoms with Gasteiger partial charge in [-0.25, -0.2) is 0 Å². The monoisotopic (exact) mass is 618 g/mol. The van der Waals surface area contributed by atoms with E-state index in [9.17, 15) is 4.79 Å². The average molecular weight is 619 g/mol. The molecule has 38 heavy (non-hydrogen) atoms. The van der Waals surface area contributed by atoms with Crippen LogP contribution in [-0.2, 0) is 38.9 Å². The van der Waals surface area contributed by atoms with Crippen molar-refractivity contribution in [2.24, 2.45) is 5.92 Å². The standard InChI is InChI=1S/C10H17NO.C9H17N.2C5H10.4CH3.2Fe/c12-8-9-4-3-5-10(9)11-6-1-2-7-11;1-2-6-9(5-1)10-7-3-4-8-10;2*1-2-4-5-3-1;;;;;;/h8-10H,1-7H2;9H,1-8H2;2*1-5H2;4*1H3;;/q;;;;4*-1;2*+2. The van der Waals surface area contributed by atoms with Gasteiger partial charge in [0.05, 0.1) is 0 Å². The molecule has 0 aromatic carbocycles. The van der Waals surface area contributed by atoms with E-state index in [0.29, 0.717) is 12.0 Å². The summed E-state index contributed by atoms with van der Waals surface area (Å²) in [5.41, 5.74) is 0. The van der Waals surface area contributed by atoms with E-state index in [0.717, 1.165) is 12.5 Å². The van der Waals surface area contributed by atoms with Gasteiger partial charge in [0, 0.05) is 18.0 Å². The number of nitrogens with zero attached hydrogens (tertiary/aromatic N) is 2. The number of carbonyl (C=O) groups excluding carboxylic acids is 1. The number of rotatable bonds is 3. The molecule has 2 unspecified atom stereocenters. The van der Waals surface area contributed by atoms with Crippen molar-refractivity contribution in [3.05, 3.63) is 29.7 Å². The Morgan fingerprint density at radius 3 is 1.16 bits per heavy atom. The molecule has 2 saturated heterocycles. The van der Waals surface area contributed by atoms with Crippen LogP contribution in [0.15, 0.2) is 0 Å². The van der Waals surface area contributed by atoms with E-state index in [1.807, 2.05) is 0 Å². The molecular formula is C33H66Fe2N2O. The van der Waals surface area contributed by atoms with Crippen molar-refractivity contribution < 1.29 is 38.9 Å². The third-order valence-electron chi connectivity index (χ3n) is 8.80. The second-order valence-electron chi connectivity index (χ2n) is 11.3. The first-order chi connectivity index (χ1) is 15.9. The van der Waals surface area contributed by atoms with E-state index in [2.05, 4.69) is 9.80 Å². The summed E-state index contributed by atoms with van der Waals surface area (Å²) in [4.78, 5) is 16.0. The van der Waals surface area contributed by atoms with Gasteiger partial charge in [-0.2, -0.15) is 0 Å². The molecule has 2 atom stereocenters. The van der Waals surface area contributed by atoms with Crippen molar-refractivity contribution >= 4 is 6.29 Å². The molecule has 0 aromatic rings. The van der Waals surface area contributed by atoms with Gasteiger partial charge in [-0.15, -0.1) is 0 Å². The summed E-state index contributed by atoms with van der Waals surface area (Å²) in [6.07, 6.45) is 31.3. The van der Waals surface area contributed by atoms with Gasteiger partial charge in [0.2, 0.25) is 0 Å². The fraction of sp³-hybridized carbons (Fsp3) is 0.848. The van der Waals surface area contributed by atoms with E-state index < -0.39 is 0 Å². The smallest absolute Gasteiger partial charge is 0.358 e. The van der Waals surface area contributed by atoms with Gasteiger partial charge in [-0.1, -0.05) is 83.5 Å². The molecule has 3 nitrogen and oxygen atoms in total. The van der Waals surface area contributed by atoms with Gasteiger partial charge in [0.15, 0.2) is 0 Å². The molecule has 5 heteroatoms. The van der Waals surface area contributed by atoms with Crippen LogP contribution in [0.25, 0.3) is 0 Å². The van der Waals surface area contributed by atoms with E-state index in [1.165, 1.54) is 161 Å².